The van der Waals surface area contributed by atoms with Crippen molar-refractivity contribution in [2.75, 3.05) is 0 Å². The molecule has 1 atom stereocenters. The number of rotatable bonds is 4. The van der Waals surface area contributed by atoms with E-state index in [1.807, 2.05) is 6.20 Å². The molecule has 0 aromatic carbocycles. The number of aromatic nitrogens is 2. The zero-order valence-electron chi connectivity index (χ0n) is 8.43. The van der Waals surface area contributed by atoms with E-state index in [4.69, 9.17) is 17.4 Å². The number of nitrogens with zero attached hydrogens (tertiary/aromatic N) is 2. The van der Waals surface area contributed by atoms with Gasteiger partial charge in [-0.1, -0.05) is 11.6 Å². The van der Waals surface area contributed by atoms with Gasteiger partial charge in [-0.2, -0.15) is 0 Å². The Hall–Kier alpha value is -1.01. The minimum Gasteiger partial charge on any atom is -0.271 e. The summed E-state index contributed by atoms with van der Waals surface area (Å²) in [6.07, 6.45) is 4.27. The summed E-state index contributed by atoms with van der Waals surface area (Å²) in [6.45, 7) is 0. The summed E-state index contributed by atoms with van der Waals surface area (Å²) in [4.78, 5) is 9.41. The van der Waals surface area contributed by atoms with Gasteiger partial charge in [0.2, 0.25) is 0 Å². The molecule has 2 aromatic rings. The smallest absolute Gasteiger partial charge is 0.0794 e. The summed E-state index contributed by atoms with van der Waals surface area (Å²) >= 11 is 7.66. The number of hydrazine groups is 1. The lowest BCUT2D eigenvalue weighted by atomic mass is 10.1. The van der Waals surface area contributed by atoms with Crippen molar-refractivity contribution in [3.05, 3.63) is 45.6 Å². The number of nitrogens with one attached hydrogen (secondary N) is 1. The fraction of sp³-hybridized carbons (Fsp3) is 0.200. The number of nitrogens with two attached hydrogens (primary N) is 1. The fourth-order valence-electron chi connectivity index (χ4n) is 1.43. The Labute approximate surface area is 102 Å². The zero-order valence-corrected chi connectivity index (χ0v) is 10.0. The van der Waals surface area contributed by atoms with Crippen LogP contribution < -0.4 is 11.3 Å². The highest BCUT2D eigenvalue weighted by molar-refractivity contribution is 7.09. The number of hydrogen-bond donors (Lipinski definition) is 2. The quantitative estimate of drug-likeness (QED) is 0.647. The van der Waals surface area contributed by atoms with Gasteiger partial charge in [0.1, 0.15) is 0 Å². The highest BCUT2D eigenvalue weighted by Gasteiger charge is 2.15. The Bertz CT molecular complexity index is 446. The first-order chi connectivity index (χ1) is 7.81. The fourth-order valence-corrected chi connectivity index (χ4v) is 2.33. The lowest BCUT2D eigenvalue weighted by molar-refractivity contribution is 0.542. The largest absolute Gasteiger partial charge is 0.271 e. The van der Waals surface area contributed by atoms with Crippen LogP contribution in [0.4, 0.5) is 0 Å². The zero-order chi connectivity index (χ0) is 11.4. The number of pyridine rings is 1. The molecule has 84 valence electrons. The van der Waals surface area contributed by atoms with Crippen molar-refractivity contribution in [2.24, 2.45) is 5.84 Å². The summed E-state index contributed by atoms with van der Waals surface area (Å²) < 4.78 is 0. The van der Waals surface area contributed by atoms with Crippen LogP contribution in [-0.4, -0.2) is 9.97 Å². The van der Waals surface area contributed by atoms with Gasteiger partial charge in [-0.15, -0.1) is 11.3 Å². The van der Waals surface area contributed by atoms with Gasteiger partial charge in [0.15, 0.2) is 0 Å². The van der Waals surface area contributed by atoms with E-state index in [-0.39, 0.29) is 6.04 Å². The highest BCUT2D eigenvalue weighted by atomic mass is 35.5. The molecule has 0 saturated heterocycles. The van der Waals surface area contributed by atoms with Crippen LogP contribution in [-0.2, 0) is 6.42 Å². The van der Waals surface area contributed by atoms with Gasteiger partial charge in [-0.25, -0.2) is 0 Å². The lowest BCUT2D eigenvalue weighted by Gasteiger charge is -2.15. The maximum absolute atomic E-state index is 6.07. The molecule has 0 spiro atoms. The van der Waals surface area contributed by atoms with Crippen molar-refractivity contribution >= 4 is 22.9 Å². The van der Waals surface area contributed by atoms with Crippen molar-refractivity contribution in [3.63, 3.8) is 0 Å². The molecule has 16 heavy (non-hydrogen) atoms. The van der Waals surface area contributed by atoms with E-state index in [9.17, 15) is 0 Å². The van der Waals surface area contributed by atoms with Gasteiger partial charge in [0.25, 0.3) is 0 Å². The van der Waals surface area contributed by atoms with Crippen molar-refractivity contribution in [1.82, 2.24) is 15.4 Å². The third kappa shape index (κ3) is 2.56. The van der Waals surface area contributed by atoms with Gasteiger partial charge in [-0.05, 0) is 12.1 Å². The SMILES string of the molecule is NNC(Cc1cncs1)c1ncccc1Cl. The summed E-state index contributed by atoms with van der Waals surface area (Å²) in [5.41, 5.74) is 5.29. The number of halogens is 1. The monoisotopic (exact) mass is 254 g/mol. The second kappa shape index (κ2) is 5.36. The van der Waals surface area contributed by atoms with Crippen LogP contribution in [0.15, 0.2) is 30.0 Å². The van der Waals surface area contributed by atoms with Gasteiger partial charge in [0, 0.05) is 23.7 Å². The molecule has 0 fully saturated rings. The van der Waals surface area contributed by atoms with Crippen LogP contribution in [0.25, 0.3) is 0 Å². The number of thiazole rings is 1. The standard InChI is InChI=1S/C10H11ClN4S/c11-8-2-1-3-14-10(8)9(15-12)4-7-5-13-6-16-7/h1-3,5-6,9,15H,4,12H2. The molecular formula is C10H11ClN4S. The van der Waals surface area contributed by atoms with Crippen LogP contribution >= 0.6 is 22.9 Å². The van der Waals surface area contributed by atoms with Crippen LogP contribution in [0, 0.1) is 0 Å². The maximum atomic E-state index is 6.07. The van der Waals surface area contributed by atoms with Crippen molar-refractivity contribution in [2.45, 2.75) is 12.5 Å². The Kier molecular flexibility index (Phi) is 3.84. The second-order valence-electron chi connectivity index (χ2n) is 3.26. The molecule has 2 heterocycles. The van der Waals surface area contributed by atoms with E-state index in [1.165, 1.54) is 0 Å². The molecule has 0 radical (unpaired) electrons. The summed E-state index contributed by atoms with van der Waals surface area (Å²) in [5, 5.41) is 0.620. The predicted molar refractivity (Wildman–Crippen MR) is 65.1 cm³/mol. The molecule has 0 aliphatic carbocycles. The maximum Gasteiger partial charge on any atom is 0.0794 e. The van der Waals surface area contributed by atoms with Gasteiger partial charge >= 0.3 is 0 Å². The molecule has 1 unspecified atom stereocenters. The Morgan fingerprint density at radius 2 is 2.44 bits per heavy atom. The second-order valence-corrected chi connectivity index (χ2v) is 4.64. The van der Waals surface area contributed by atoms with E-state index in [2.05, 4.69) is 15.4 Å². The molecule has 0 saturated carbocycles. The first-order valence-electron chi connectivity index (χ1n) is 4.75. The first kappa shape index (κ1) is 11.5. The van der Waals surface area contributed by atoms with Gasteiger partial charge in [-0.3, -0.25) is 21.2 Å². The van der Waals surface area contributed by atoms with Gasteiger partial charge in [0.05, 0.1) is 22.3 Å². The summed E-state index contributed by atoms with van der Waals surface area (Å²) in [6, 6.07) is 3.52. The van der Waals surface area contributed by atoms with Crippen molar-refractivity contribution in [1.29, 1.82) is 0 Å². The van der Waals surface area contributed by atoms with E-state index in [0.29, 0.717) is 5.02 Å². The average Bonchev–Trinajstić information content (AvgIpc) is 2.80. The Balaban J connectivity index is 2.20. The molecule has 0 amide bonds. The van der Waals surface area contributed by atoms with Crippen molar-refractivity contribution < 1.29 is 0 Å². The van der Waals surface area contributed by atoms with Gasteiger partial charge < -0.3 is 0 Å². The van der Waals surface area contributed by atoms with Crippen LogP contribution in [0.1, 0.15) is 16.6 Å². The van der Waals surface area contributed by atoms with E-state index in [0.717, 1.165) is 17.0 Å². The van der Waals surface area contributed by atoms with Crippen molar-refractivity contribution in [3.8, 4) is 0 Å². The minimum atomic E-state index is -0.0888. The lowest BCUT2D eigenvalue weighted by Crippen LogP contribution is -2.30. The molecule has 6 heteroatoms. The van der Waals surface area contributed by atoms with E-state index in [1.54, 1.807) is 35.2 Å². The van der Waals surface area contributed by atoms with E-state index >= 15 is 0 Å². The third-order valence-corrected chi connectivity index (χ3v) is 3.33. The molecule has 0 aliphatic heterocycles. The molecule has 4 nitrogen and oxygen atoms in total. The summed E-state index contributed by atoms with van der Waals surface area (Å²) in [7, 11) is 0. The molecule has 2 rings (SSSR count). The average molecular weight is 255 g/mol. The topological polar surface area (TPSA) is 63.8 Å². The van der Waals surface area contributed by atoms with E-state index < -0.39 is 0 Å². The highest BCUT2D eigenvalue weighted by Crippen LogP contribution is 2.23. The number of hydrogen-bond acceptors (Lipinski definition) is 5. The Morgan fingerprint density at radius 3 is 3.06 bits per heavy atom. The van der Waals surface area contributed by atoms with Crippen LogP contribution in [0.5, 0.6) is 0 Å². The molecule has 0 aliphatic rings. The Morgan fingerprint density at radius 1 is 1.56 bits per heavy atom. The molecule has 2 aromatic heterocycles. The minimum absolute atomic E-state index is 0.0888. The molecular weight excluding hydrogens is 244 g/mol. The van der Waals surface area contributed by atoms with Crippen LogP contribution in [0.3, 0.4) is 0 Å². The molecule has 3 N–H and O–H groups in total. The first-order valence-corrected chi connectivity index (χ1v) is 6.01. The molecule has 0 bridgehead atoms. The van der Waals surface area contributed by atoms with Crippen LogP contribution in [0.2, 0.25) is 5.02 Å². The predicted octanol–water partition coefficient (Wildman–Crippen LogP) is 1.94. The normalized spacial score (nSPS) is 12.6. The third-order valence-electron chi connectivity index (χ3n) is 2.21. The summed E-state index contributed by atoms with van der Waals surface area (Å²) in [5.74, 6) is 5.53.